The third kappa shape index (κ3) is 3.62. The van der Waals surface area contributed by atoms with E-state index in [0.717, 1.165) is 39.1 Å². The number of nitrogens with zero attached hydrogens (tertiary/aromatic N) is 2. The van der Waals surface area contributed by atoms with E-state index in [2.05, 4.69) is 53.3 Å². The lowest BCUT2D eigenvalue weighted by atomic mass is 10.1. The predicted octanol–water partition coefficient (Wildman–Crippen LogP) is 2.50. The molecule has 108 valence electrons. The molecule has 1 aromatic carbocycles. The molecule has 0 saturated carbocycles. The van der Waals surface area contributed by atoms with Crippen LogP contribution in [0.25, 0.3) is 0 Å². The van der Waals surface area contributed by atoms with Crippen LogP contribution in [-0.2, 0) is 11.3 Å². The highest BCUT2D eigenvalue weighted by Gasteiger charge is 2.22. The minimum atomic E-state index is 0.409. The summed E-state index contributed by atoms with van der Waals surface area (Å²) in [5, 5.41) is 0. The van der Waals surface area contributed by atoms with Gasteiger partial charge in [-0.3, -0.25) is 4.90 Å². The standard InChI is InChI=1S/C17H24N2O/c1-18-10-7-17(14-18)20-16-8-11-19(12-9-16)13-15-5-3-2-4-6-15/h2-6,8,17H,7,9-14H2,1H3. The molecule has 0 bridgehead atoms. The first-order chi connectivity index (χ1) is 9.79. The summed E-state index contributed by atoms with van der Waals surface area (Å²) in [4.78, 5) is 4.82. The second kappa shape index (κ2) is 6.42. The molecule has 3 rings (SSSR count). The van der Waals surface area contributed by atoms with Gasteiger partial charge in [-0.05, 0) is 25.1 Å². The molecule has 2 aliphatic rings. The highest BCUT2D eigenvalue weighted by molar-refractivity contribution is 5.15. The molecule has 0 spiro atoms. The average Bonchev–Trinajstić information content (AvgIpc) is 2.88. The Morgan fingerprint density at radius 3 is 2.70 bits per heavy atom. The van der Waals surface area contributed by atoms with Crippen LogP contribution in [0.2, 0.25) is 0 Å². The maximum absolute atomic E-state index is 6.11. The maximum Gasteiger partial charge on any atom is 0.112 e. The molecule has 0 amide bonds. The van der Waals surface area contributed by atoms with Crippen molar-refractivity contribution in [2.24, 2.45) is 0 Å². The fourth-order valence-electron chi connectivity index (χ4n) is 2.99. The van der Waals surface area contributed by atoms with Crippen LogP contribution in [0.3, 0.4) is 0 Å². The maximum atomic E-state index is 6.11. The smallest absolute Gasteiger partial charge is 0.112 e. The molecule has 0 N–H and O–H groups in total. The van der Waals surface area contributed by atoms with E-state index >= 15 is 0 Å². The second-order valence-electron chi connectivity index (χ2n) is 5.93. The van der Waals surface area contributed by atoms with Gasteiger partial charge in [0.2, 0.25) is 0 Å². The summed E-state index contributed by atoms with van der Waals surface area (Å²) in [6.45, 7) is 5.38. The van der Waals surface area contributed by atoms with Crippen molar-refractivity contribution >= 4 is 0 Å². The van der Waals surface area contributed by atoms with Gasteiger partial charge in [0.15, 0.2) is 0 Å². The number of hydrogen-bond donors (Lipinski definition) is 0. The molecule has 1 unspecified atom stereocenters. The fraction of sp³-hybridized carbons (Fsp3) is 0.529. The van der Waals surface area contributed by atoms with Gasteiger partial charge in [-0.25, -0.2) is 0 Å². The monoisotopic (exact) mass is 272 g/mol. The fourth-order valence-corrected chi connectivity index (χ4v) is 2.99. The minimum Gasteiger partial charge on any atom is -0.494 e. The third-order valence-electron chi connectivity index (χ3n) is 4.17. The number of likely N-dealkylation sites (tertiary alicyclic amines) is 1. The molecule has 20 heavy (non-hydrogen) atoms. The number of rotatable bonds is 4. The van der Waals surface area contributed by atoms with E-state index in [1.54, 1.807) is 0 Å². The quantitative estimate of drug-likeness (QED) is 0.837. The van der Waals surface area contributed by atoms with Crippen molar-refractivity contribution in [3.05, 3.63) is 47.7 Å². The summed E-state index contributed by atoms with van der Waals surface area (Å²) in [5.74, 6) is 1.20. The first-order valence-electron chi connectivity index (χ1n) is 7.60. The molecule has 1 aromatic rings. The van der Waals surface area contributed by atoms with Crippen molar-refractivity contribution in [3.63, 3.8) is 0 Å². The minimum absolute atomic E-state index is 0.409. The number of benzene rings is 1. The van der Waals surface area contributed by atoms with Crippen LogP contribution in [0, 0.1) is 0 Å². The lowest BCUT2D eigenvalue weighted by Gasteiger charge is -2.27. The number of ether oxygens (including phenoxy) is 1. The van der Waals surface area contributed by atoms with Gasteiger partial charge in [0.05, 0.1) is 5.76 Å². The summed E-state index contributed by atoms with van der Waals surface area (Å²) in [6, 6.07) is 10.7. The first kappa shape index (κ1) is 13.7. The second-order valence-corrected chi connectivity index (χ2v) is 5.93. The van der Waals surface area contributed by atoms with Gasteiger partial charge in [0.25, 0.3) is 0 Å². The van der Waals surface area contributed by atoms with E-state index in [-0.39, 0.29) is 0 Å². The highest BCUT2D eigenvalue weighted by Crippen LogP contribution is 2.20. The Morgan fingerprint density at radius 2 is 2.05 bits per heavy atom. The van der Waals surface area contributed by atoms with Crippen LogP contribution in [0.1, 0.15) is 18.4 Å². The largest absolute Gasteiger partial charge is 0.494 e. The van der Waals surface area contributed by atoms with Gasteiger partial charge in [0, 0.05) is 39.1 Å². The molecule has 3 heteroatoms. The molecule has 3 nitrogen and oxygen atoms in total. The van der Waals surface area contributed by atoms with Crippen LogP contribution in [0.4, 0.5) is 0 Å². The highest BCUT2D eigenvalue weighted by atomic mass is 16.5. The van der Waals surface area contributed by atoms with E-state index in [1.165, 1.54) is 17.7 Å². The molecule has 1 saturated heterocycles. The molecular formula is C17H24N2O. The lowest BCUT2D eigenvalue weighted by molar-refractivity contribution is 0.103. The Labute approximate surface area is 121 Å². The van der Waals surface area contributed by atoms with Crippen molar-refractivity contribution < 1.29 is 4.74 Å². The molecule has 1 fully saturated rings. The zero-order valence-corrected chi connectivity index (χ0v) is 12.3. The average molecular weight is 272 g/mol. The summed E-state index contributed by atoms with van der Waals surface area (Å²) >= 11 is 0. The molecule has 2 heterocycles. The zero-order chi connectivity index (χ0) is 13.8. The number of likely N-dealkylation sites (N-methyl/N-ethyl adjacent to an activating group) is 1. The topological polar surface area (TPSA) is 15.7 Å². The third-order valence-corrected chi connectivity index (χ3v) is 4.17. The summed E-state index contributed by atoms with van der Waals surface area (Å²) in [6.07, 6.45) is 4.89. The van der Waals surface area contributed by atoms with Crippen LogP contribution in [-0.4, -0.2) is 49.1 Å². The van der Waals surface area contributed by atoms with Crippen molar-refractivity contribution in [3.8, 4) is 0 Å². The van der Waals surface area contributed by atoms with Crippen LogP contribution in [0.5, 0.6) is 0 Å². The SMILES string of the molecule is CN1CCC(OC2=CCN(Cc3ccccc3)CC2)C1. The summed E-state index contributed by atoms with van der Waals surface area (Å²) in [5.41, 5.74) is 1.39. The predicted molar refractivity (Wildman–Crippen MR) is 81.4 cm³/mol. The van der Waals surface area contributed by atoms with E-state index < -0.39 is 0 Å². The van der Waals surface area contributed by atoms with E-state index in [1.807, 2.05) is 0 Å². The molecule has 0 aliphatic carbocycles. The summed E-state index contributed by atoms with van der Waals surface area (Å²) < 4.78 is 6.11. The van der Waals surface area contributed by atoms with Crippen LogP contribution >= 0.6 is 0 Å². The van der Waals surface area contributed by atoms with E-state index in [9.17, 15) is 0 Å². The van der Waals surface area contributed by atoms with E-state index in [4.69, 9.17) is 4.74 Å². The molecular weight excluding hydrogens is 248 g/mol. The molecule has 0 aromatic heterocycles. The van der Waals surface area contributed by atoms with Gasteiger partial charge in [0.1, 0.15) is 6.10 Å². The van der Waals surface area contributed by atoms with Crippen LogP contribution < -0.4 is 0 Å². The number of hydrogen-bond acceptors (Lipinski definition) is 3. The van der Waals surface area contributed by atoms with Gasteiger partial charge in [-0.1, -0.05) is 30.3 Å². The van der Waals surface area contributed by atoms with Gasteiger partial charge < -0.3 is 9.64 Å². The molecule has 1 atom stereocenters. The van der Waals surface area contributed by atoms with Gasteiger partial charge in [-0.15, -0.1) is 0 Å². The van der Waals surface area contributed by atoms with Crippen molar-refractivity contribution in [1.82, 2.24) is 9.80 Å². The van der Waals surface area contributed by atoms with Crippen molar-refractivity contribution in [2.45, 2.75) is 25.5 Å². The van der Waals surface area contributed by atoms with Gasteiger partial charge in [-0.2, -0.15) is 0 Å². The Balaban J connectivity index is 1.48. The molecule has 0 radical (unpaired) electrons. The Morgan fingerprint density at radius 1 is 1.20 bits per heavy atom. The van der Waals surface area contributed by atoms with E-state index in [0.29, 0.717) is 6.10 Å². The van der Waals surface area contributed by atoms with Crippen LogP contribution in [0.15, 0.2) is 42.2 Å². The Kier molecular flexibility index (Phi) is 4.38. The van der Waals surface area contributed by atoms with Crippen molar-refractivity contribution in [2.75, 3.05) is 33.2 Å². The summed E-state index contributed by atoms with van der Waals surface area (Å²) in [7, 11) is 2.17. The van der Waals surface area contributed by atoms with Gasteiger partial charge >= 0.3 is 0 Å². The lowest BCUT2D eigenvalue weighted by Crippen LogP contribution is -2.30. The Hall–Kier alpha value is -1.32. The van der Waals surface area contributed by atoms with Crippen molar-refractivity contribution in [1.29, 1.82) is 0 Å². The zero-order valence-electron chi connectivity index (χ0n) is 12.3. The molecule has 2 aliphatic heterocycles. The first-order valence-corrected chi connectivity index (χ1v) is 7.60. The Bertz CT molecular complexity index is 457. The normalized spacial score (nSPS) is 24.6.